The quantitative estimate of drug-likeness (QED) is 0.579. The SMILES string of the molecule is CC1c2nc(OCCN(C)C)nc(N3CCNCC3)c2CCN1c1cc(O)cc2ccccc12. The van der Waals surface area contributed by atoms with Crippen LogP contribution in [0.3, 0.4) is 0 Å². The highest BCUT2D eigenvalue weighted by Crippen LogP contribution is 2.41. The number of aromatic nitrogens is 2. The van der Waals surface area contributed by atoms with E-state index in [1.807, 2.05) is 44.4 Å². The van der Waals surface area contributed by atoms with Gasteiger partial charge in [0.1, 0.15) is 18.2 Å². The van der Waals surface area contributed by atoms with Crippen LogP contribution in [0.25, 0.3) is 10.8 Å². The van der Waals surface area contributed by atoms with Crippen molar-refractivity contribution < 1.29 is 9.84 Å². The van der Waals surface area contributed by atoms with Crippen LogP contribution in [0.2, 0.25) is 0 Å². The van der Waals surface area contributed by atoms with Gasteiger partial charge < -0.3 is 29.9 Å². The number of hydrogen-bond donors (Lipinski definition) is 2. The van der Waals surface area contributed by atoms with E-state index in [1.54, 1.807) is 0 Å². The van der Waals surface area contributed by atoms with Gasteiger partial charge in [0.25, 0.3) is 0 Å². The molecule has 3 aromatic rings. The molecule has 3 heterocycles. The maximum Gasteiger partial charge on any atom is 0.318 e. The van der Waals surface area contributed by atoms with E-state index >= 15 is 0 Å². The number of ether oxygens (including phenoxy) is 1. The van der Waals surface area contributed by atoms with Crippen LogP contribution in [-0.2, 0) is 6.42 Å². The fourth-order valence-electron chi connectivity index (χ4n) is 4.99. The molecule has 34 heavy (non-hydrogen) atoms. The second kappa shape index (κ2) is 9.64. The molecule has 5 rings (SSSR count). The summed E-state index contributed by atoms with van der Waals surface area (Å²) >= 11 is 0. The number of likely N-dealkylation sites (N-methyl/N-ethyl adjacent to an activating group) is 1. The Morgan fingerprint density at radius 1 is 1.12 bits per heavy atom. The molecule has 2 aromatic carbocycles. The molecule has 180 valence electrons. The summed E-state index contributed by atoms with van der Waals surface area (Å²) in [5.41, 5.74) is 3.27. The largest absolute Gasteiger partial charge is 0.508 e. The summed E-state index contributed by atoms with van der Waals surface area (Å²) in [6, 6.07) is 12.4. The number of phenols is 1. The third-order valence-electron chi connectivity index (χ3n) is 6.78. The van der Waals surface area contributed by atoms with Gasteiger partial charge in [-0.25, -0.2) is 0 Å². The molecule has 0 radical (unpaired) electrons. The average Bonchev–Trinajstić information content (AvgIpc) is 2.84. The predicted octanol–water partition coefficient (Wildman–Crippen LogP) is 2.81. The second-order valence-corrected chi connectivity index (χ2v) is 9.39. The van der Waals surface area contributed by atoms with Gasteiger partial charge in [-0.3, -0.25) is 0 Å². The van der Waals surface area contributed by atoms with Crippen molar-refractivity contribution in [2.45, 2.75) is 19.4 Å². The molecule has 1 atom stereocenters. The minimum atomic E-state index is 0.0230. The van der Waals surface area contributed by atoms with Crippen molar-refractivity contribution in [2.75, 3.05) is 69.8 Å². The summed E-state index contributed by atoms with van der Waals surface area (Å²) in [7, 11) is 4.06. The number of rotatable bonds is 6. The summed E-state index contributed by atoms with van der Waals surface area (Å²) in [6.45, 7) is 8.13. The second-order valence-electron chi connectivity index (χ2n) is 9.39. The molecule has 2 aliphatic heterocycles. The van der Waals surface area contributed by atoms with Crippen LogP contribution < -0.4 is 19.9 Å². The first-order chi connectivity index (χ1) is 16.5. The van der Waals surface area contributed by atoms with Gasteiger partial charge in [-0.1, -0.05) is 24.3 Å². The first-order valence-electron chi connectivity index (χ1n) is 12.1. The lowest BCUT2D eigenvalue weighted by atomic mass is 9.96. The zero-order valence-electron chi connectivity index (χ0n) is 20.3. The van der Waals surface area contributed by atoms with Crippen LogP contribution in [0.15, 0.2) is 36.4 Å². The molecule has 2 aliphatic rings. The summed E-state index contributed by atoms with van der Waals surface area (Å²) in [5, 5.41) is 16.0. The van der Waals surface area contributed by atoms with E-state index in [0.717, 1.165) is 73.7 Å². The Morgan fingerprint density at radius 2 is 1.91 bits per heavy atom. The molecule has 1 unspecified atom stereocenters. The monoisotopic (exact) mass is 462 g/mol. The Labute approximate surface area is 201 Å². The molecule has 0 amide bonds. The van der Waals surface area contributed by atoms with Gasteiger partial charge in [-0.15, -0.1) is 0 Å². The molecule has 0 bridgehead atoms. The number of nitrogens with one attached hydrogen (secondary N) is 1. The Bertz CT molecular complexity index is 1160. The van der Waals surface area contributed by atoms with Gasteiger partial charge in [0.2, 0.25) is 0 Å². The molecule has 0 aliphatic carbocycles. The van der Waals surface area contributed by atoms with Crippen molar-refractivity contribution >= 4 is 22.3 Å². The molecule has 1 aromatic heterocycles. The molecule has 8 heteroatoms. The van der Waals surface area contributed by atoms with Crippen molar-refractivity contribution in [3.63, 3.8) is 0 Å². The summed E-state index contributed by atoms with van der Waals surface area (Å²) in [6.07, 6.45) is 0.848. The topological polar surface area (TPSA) is 77.0 Å². The molecule has 1 saturated heterocycles. The third kappa shape index (κ3) is 4.48. The first kappa shape index (κ1) is 22.7. The maximum absolute atomic E-state index is 10.4. The molecule has 0 spiro atoms. The molecular formula is C26H34N6O2. The van der Waals surface area contributed by atoms with Crippen molar-refractivity contribution in [3.05, 3.63) is 47.7 Å². The lowest BCUT2D eigenvalue weighted by molar-refractivity contribution is 0.244. The van der Waals surface area contributed by atoms with Crippen LogP contribution in [-0.4, -0.2) is 79.9 Å². The highest BCUT2D eigenvalue weighted by Gasteiger charge is 2.32. The highest BCUT2D eigenvalue weighted by molar-refractivity contribution is 5.96. The average molecular weight is 463 g/mol. The van der Waals surface area contributed by atoms with E-state index in [-0.39, 0.29) is 11.8 Å². The maximum atomic E-state index is 10.4. The van der Waals surface area contributed by atoms with E-state index in [2.05, 4.69) is 33.0 Å². The molecule has 1 fully saturated rings. The number of anilines is 2. The number of piperazine rings is 1. The van der Waals surface area contributed by atoms with Crippen LogP contribution in [0.1, 0.15) is 24.2 Å². The number of nitrogens with zero attached hydrogens (tertiary/aromatic N) is 5. The van der Waals surface area contributed by atoms with E-state index in [4.69, 9.17) is 14.7 Å². The van der Waals surface area contributed by atoms with E-state index < -0.39 is 0 Å². The van der Waals surface area contributed by atoms with Crippen LogP contribution in [0.4, 0.5) is 11.5 Å². The van der Waals surface area contributed by atoms with Gasteiger partial charge in [-0.05, 0) is 38.9 Å². The minimum absolute atomic E-state index is 0.0230. The Kier molecular flexibility index (Phi) is 6.43. The third-order valence-corrected chi connectivity index (χ3v) is 6.78. The zero-order valence-corrected chi connectivity index (χ0v) is 20.3. The lowest BCUT2D eigenvalue weighted by Crippen LogP contribution is -2.45. The number of fused-ring (bicyclic) bond motifs is 2. The summed E-state index contributed by atoms with van der Waals surface area (Å²) in [5.74, 6) is 1.29. The van der Waals surface area contributed by atoms with Gasteiger partial charge >= 0.3 is 6.01 Å². The van der Waals surface area contributed by atoms with Crippen LogP contribution in [0, 0.1) is 0 Å². The molecule has 2 N–H and O–H groups in total. The highest BCUT2D eigenvalue weighted by atomic mass is 16.5. The van der Waals surface area contributed by atoms with Crippen molar-refractivity contribution in [3.8, 4) is 11.8 Å². The van der Waals surface area contributed by atoms with E-state index in [0.29, 0.717) is 12.6 Å². The summed E-state index contributed by atoms with van der Waals surface area (Å²) < 4.78 is 6.03. The molecule has 8 nitrogen and oxygen atoms in total. The number of hydrogen-bond acceptors (Lipinski definition) is 8. The van der Waals surface area contributed by atoms with E-state index in [1.165, 1.54) is 5.56 Å². The Hall–Kier alpha value is -3.10. The van der Waals surface area contributed by atoms with Crippen molar-refractivity contribution in [1.29, 1.82) is 0 Å². The fraction of sp³-hybridized carbons (Fsp3) is 0.462. The van der Waals surface area contributed by atoms with Crippen LogP contribution >= 0.6 is 0 Å². The van der Waals surface area contributed by atoms with Gasteiger partial charge in [0, 0.05) is 62.0 Å². The van der Waals surface area contributed by atoms with Gasteiger partial charge in [0.15, 0.2) is 0 Å². The van der Waals surface area contributed by atoms with Crippen molar-refractivity contribution in [1.82, 2.24) is 20.2 Å². The van der Waals surface area contributed by atoms with Gasteiger partial charge in [-0.2, -0.15) is 9.97 Å². The Balaban J connectivity index is 1.54. The fourth-order valence-corrected chi connectivity index (χ4v) is 4.99. The van der Waals surface area contributed by atoms with Crippen molar-refractivity contribution in [2.24, 2.45) is 0 Å². The minimum Gasteiger partial charge on any atom is -0.508 e. The standard InChI is InChI=1S/C26H34N6O2/c1-18-24-22(8-11-32(18)23-17-20(33)16-19-6-4-5-7-21(19)23)25(31-12-9-27-10-13-31)29-26(28-24)34-15-14-30(2)3/h4-7,16-18,27,33H,8-15H2,1-3H3. The summed E-state index contributed by atoms with van der Waals surface area (Å²) in [4.78, 5) is 16.6. The number of aromatic hydroxyl groups is 1. The van der Waals surface area contributed by atoms with E-state index in [9.17, 15) is 5.11 Å². The smallest absolute Gasteiger partial charge is 0.318 e. The Morgan fingerprint density at radius 3 is 2.71 bits per heavy atom. The lowest BCUT2D eigenvalue weighted by Gasteiger charge is -2.39. The predicted molar refractivity (Wildman–Crippen MR) is 136 cm³/mol. The molecular weight excluding hydrogens is 428 g/mol. The number of phenolic OH excluding ortho intramolecular Hbond substituents is 1. The van der Waals surface area contributed by atoms with Crippen LogP contribution in [0.5, 0.6) is 11.8 Å². The first-order valence-corrected chi connectivity index (χ1v) is 12.1. The number of benzene rings is 2. The molecule has 0 saturated carbocycles. The zero-order chi connectivity index (χ0) is 23.7. The normalized spacial score (nSPS) is 18.4. The van der Waals surface area contributed by atoms with Gasteiger partial charge in [0.05, 0.1) is 11.7 Å².